The fourth-order valence-electron chi connectivity index (χ4n) is 1.03. The molecule has 0 saturated carbocycles. The van der Waals surface area contributed by atoms with E-state index in [1.165, 1.54) is 19.3 Å². The first kappa shape index (κ1) is 18.9. The second-order valence-corrected chi connectivity index (χ2v) is 3.85. The van der Waals surface area contributed by atoms with Crippen LogP contribution in [0.3, 0.4) is 0 Å². The van der Waals surface area contributed by atoms with E-state index in [0.717, 1.165) is 0 Å². The molecule has 0 amide bonds. The molecule has 0 rings (SSSR count). The highest BCUT2D eigenvalue weighted by molar-refractivity contribution is 5.90. The summed E-state index contributed by atoms with van der Waals surface area (Å²) in [7, 11) is 1.48. The van der Waals surface area contributed by atoms with E-state index in [1.807, 2.05) is 0 Å². The van der Waals surface area contributed by atoms with Crippen LogP contribution >= 0.6 is 0 Å². The smallest absolute Gasteiger partial charge is 0.337 e. The summed E-state index contributed by atoms with van der Waals surface area (Å²) in [5.41, 5.74) is 0.185. The lowest BCUT2D eigenvalue weighted by molar-refractivity contribution is -0.145. The molecule has 6 nitrogen and oxygen atoms in total. The van der Waals surface area contributed by atoms with Gasteiger partial charge in [0, 0.05) is 6.42 Å². The van der Waals surface area contributed by atoms with E-state index >= 15 is 0 Å². The highest BCUT2D eigenvalue weighted by atomic mass is 16.6. The predicted octanol–water partition coefficient (Wildman–Crippen LogP) is 1.77. The summed E-state index contributed by atoms with van der Waals surface area (Å²) in [6.07, 6.45) is 3.31. The number of hydrogen-bond acceptors (Lipinski definition) is 6. The van der Waals surface area contributed by atoms with Crippen LogP contribution in [0.5, 0.6) is 0 Å². The van der Waals surface area contributed by atoms with Crippen molar-refractivity contribution in [2.24, 2.45) is 0 Å². The molecule has 0 aromatic rings. The van der Waals surface area contributed by atoms with Crippen LogP contribution in [0, 0.1) is 0 Å². The van der Waals surface area contributed by atoms with Crippen molar-refractivity contribution in [2.75, 3.05) is 33.5 Å². The van der Waals surface area contributed by atoms with Gasteiger partial charge in [-0.1, -0.05) is 20.1 Å². The second kappa shape index (κ2) is 11.7. The maximum atomic E-state index is 11.5. The van der Waals surface area contributed by atoms with E-state index in [0.29, 0.717) is 12.2 Å². The van der Waals surface area contributed by atoms with Gasteiger partial charge in [0.05, 0.1) is 25.9 Å². The van der Waals surface area contributed by atoms with Crippen LogP contribution in [0.2, 0.25) is 0 Å². The highest BCUT2D eigenvalue weighted by Crippen LogP contribution is 2.01. The molecule has 21 heavy (non-hydrogen) atoms. The molecule has 118 valence electrons. The zero-order valence-electron chi connectivity index (χ0n) is 12.6. The number of methoxy groups -OCH3 is 1. The van der Waals surface area contributed by atoms with Crippen molar-refractivity contribution in [3.8, 4) is 0 Å². The number of esters is 2. The molecule has 0 atom stereocenters. The van der Waals surface area contributed by atoms with Gasteiger partial charge >= 0.3 is 11.9 Å². The van der Waals surface area contributed by atoms with Gasteiger partial charge in [0.2, 0.25) is 0 Å². The maximum Gasteiger partial charge on any atom is 0.337 e. The minimum Gasteiger partial charge on any atom is -0.497 e. The van der Waals surface area contributed by atoms with E-state index < -0.39 is 5.97 Å². The largest absolute Gasteiger partial charge is 0.497 e. The Labute approximate surface area is 125 Å². The van der Waals surface area contributed by atoms with E-state index in [-0.39, 0.29) is 38.0 Å². The van der Waals surface area contributed by atoms with Crippen LogP contribution in [0.25, 0.3) is 0 Å². The molecule has 6 heteroatoms. The number of carbonyl (C=O) groups excluding carboxylic acids is 2. The third kappa shape index (κ3) is 10.4. The molecule has 0 aromatic heterocycles. The van der Waals surface area contributed by atoms with Crippen molar-refractivity contribution in [1.82, 2.24) is 0 Å². The molecule has 0 heterocycles. The van der Waals surface area contributed by atoms with Gasteiger partial charge in [-0.3, -0.25) is 4.79 Å². The molecular formula is C15H22O6. The number of allylic oxidation sites excluding steroid dienone is 1. The van der Waals surface area contributed by atoms with Gasteiger partial charge in [-0.05, 0) is 12.2 Å². The average molecular weight is 298 g/mol. The Morgan fingerprint density at radius 1 is 1.00 bits per heavy atom. The molecule has 0 aliphatic rings. The first-order valence-electron chi connectivity index (χ1n) is 6.51. The molecule has 0 saturated heterocycles. The molecule has 0 radical (unpaired) electrons. The first-order valence-corrected chi connectivity index (χ1v) is 6.51. The van der Waals surface area contributed by atoms with Crippen LogP contribution in [0.15, 0.2) is 36.6 Å². The lowest BCUT2D eigenvalue weighted by Gasteiger charge is -2.06. The zero-order chi connectivity index (χ0) is 16.1. The predicted molar refractivity (Wildman–Crippen MR) is 77.5 cm³/mol. The minimum atomic E-state index is -0.545. The Hall–Kier alpha value is -2.08. The first-order chi connectivity index (χ1) is 10.0. The van der Waals surface area contributed by atoms with Gasteiger partial charge in [0.25, 0.3) is 0 Å². The number of carbonyl (C=O) groups is 2. The van der Waals surface area contributed by atoms with Gasteiger partial charge in [-0.25, -0.2) is 4.79 Å². The molecule has 0 spiro atoms. The Kier molecular flexibility index (Phi) is 10.6. The maximum absolute atomic E-state index is 11.5. The van der Waals surface area contributed by atoms with Gasteiger partial charge in [0.15, 0.2) is 0 Å². The second-order valence-electron chi connectivity index (χ2n) is 3.85. The molecular weight excluding hydrogens is 276 g/mol. The molecule has 0 aliphatic carbocycles. The van der Waals surface area contributed by atoms with E-state index in [9.17, 15) is 9.59 Å². The van der Waals surface area contributed by atoms with Gasteiger partial charge in [-0.15, -0.1) is 0 Å². The molecule has 0 aliphatic heterocycles. The summed E-state index contributed by atoms with van der Waals surface area (Å²) in [5.74, 6) is -0.407. The fraction of sp³-hybridized carbons (Fsp3) is 0.467. The average Bonchev–Trinajstić information content (AvgIpc) is 2.50. The lowest BCUT2D eigenvalue weighted by Crippen LogP contribution is -2.14. The standard InChI is InChI=1S/C15H22O6/c1-5-14(16)20-10-8-19-9-11-21-15(17)12(2)6-7-13(3)18-4/h6-7H,2-3,5,8-11H2,1,4H3/b7-6-. The van der Waals surface area contributed by atoms with E-state index in [2.05, 4.69) is 13.2 Å². The summed E-state index contributed by atoms with van der Waals surface area (Å²) in [6, 6.07) is 0. The summed E-state index contributed by atoms with van der Waals surface area (Å²) in [5, 5.41) is 0. The normalized spacial score (nSPS) is 10.2. The monoisotopic (exact) mass is 298 g/mol. The van der Waals surface area contributed by atoms with Crippen molar-refractivity contribution in [3.05, 3.63) is 36.6 Å². The topological polar surface area (TPSA) is 71.1 Å². The van der Waals surface area contributed by atoms with Crippen molar-refractivity contribution in [1.29, 1.82) is 0 Å². The summed E-state index contributed by atoms with van der Waals surface area (Å²) in [4.78, 5) is 22.3. The van der Waals surface area contributed by atoms with Gasteiger partial charge in [-0.2, -0.15) is 0 Å². The van der Waals surface area contributed by atoms with Crippen molar-refractivity contribution in [2.45, 2.75) is 13.3 Å². The SMILES string of the molecule is C=C(/C=C\C(=C)C(=O)OCCOCCOC(=O)CC)OC. The van der Waals surface area contributed by atoms with Gasteiger partial charge < -0.3 is 18.9 Å². The Bertz CT molecular complexity index is 397. The van der Waals surface area contributed by atoms with E-state index in [4.69, 9.17) is 18.9 Å². The van der Waals surface area contributed by atoms with Gasteiger partial charge in [0.1, 0.15) is 19.0 Å². The third-order valence-electron chi connectivity index (χ3n) is 2.24. The van der Waals surface area contributed by atoms with Crippen LogP contribution < -0.4 is 0 Å². The summed E-state index contributed by atoms with van der Waals surface area (Å²) < 4.78 is 19.7. The summed E-state index contributed by atoms with van der Waals surface area (Å²) in [6.45, 7) is 9.61. The fourth-order valence-corrected chi connectivity index (χ4v) is 1.03. The molecule has 0 bridgehead atoms. The van der Waals surface area contributed by atoms with E-state index in [1.54, 1.807) is 6.92 Å². The van der Waals surface area contributed by atoms with Crippen molar-refractivity contribution in [3.63, 3.8) is 0 Å². The third-order valence-corrected chi connectivity index (χ3v) is 2.24. The quantitative estimate of drug-likeness (QED) is 0.190. The van der Waals surface area contributed by atoms with Crippen LogP contribution in [-0.2, 0) is 28.5 Å². The Balaban J connectivity index is 3.66. The molecule has 0 aromatic carbocycles. The Morgan fingerprint density at radius 2 is 1.62 bits per heavy atom. The Morgan fingerprint density at radius 3 is 2.19 bits per heavy atom. The summed E-state index contributed by atoms with van der Waals surface area (Å²) >= 11 is 0. The minimum absolute atomic E-state index is 0.0959. The lowest BCUT2D eigenvalue weighted by atomic mass is 10.3. The van der Waals surface area contributed by atoms with Crippen LogP contribution in [0.4, 0.5) is 0 Å². The van der Waals surface area contributed by atoms with Crippen LogP contribution in [-0.4, -0.2) is 45.5 Å². The molecule has 0 N–H and O–H groups in total. The molecule has 0 fully saturated rings. The van der Waals surface area contributed by atoms with Crippen LogP contribution in [0.1, 0.15) is 13.3 Å². The zero-order valence-corrected chi connectivity index (χ0v) is 12.6. The van der Waals surface area contributed by atoms with Crippen molar-refractivity contribution >= 4 is 11.9 Å². The number of rotatable bonds is 11. The number of hydrogen-bond donors (Lipinski definition) is 0. The van der Waals surface area contributed by atoms with Crippen molar-refractivity contribution < 1.29 is 28.5 Å². The number of ether oxygens (including phenoxy) is 4. The highest BCUT2D eigenvalue weighted by Gasteiger charge is 2.05. The molecule has 0 unspecified atom stereocenters.